The Morgan fingerprint density at radius 2 is 1.65 bits per heavy atom. The van der Waals surface area contributed by atoms with E-state index in [1.54, 1.807) is 18.2 Å². The second-order valence-electron chi connectivity index (χ2n) is 10.9. The van der Waals surface area contributed by atoms with E-state index in [4.69, 9.17) is 37.4 Å². The quantitative estimate of drug-likeness (QED) is 0.269. The standard InChI is InChI=1S/C30H28Cl2F3N4O3P/c31-23-10-9-20(18-24(23)32)39-29(40)42-28-21-6-4-12-37-11-3-5-19(27(21)37)17-26(28)43(39,38-13-15-41-16-14-38)36-25-8-2-1-7-22(25)30(33,34)35/h1-2,7-10,17-18H,3-6,11-16H2. The Hall–Kier alpha value is -2.75. The Kier molecular flexibility index (Phi) is 7.42. The molecule has 3 aromatic rings. The van der Waals surface area contributed by atoms with Crippen LogP contribution >= 0.6 is 30.6 Å². The predicted octanol–water partition coefficient (Wildman–Crippen LogP) is 8.05. The molecule has 4 aliphatic rings. The van der Waals surface area contributed by atoms with Gasteiger partial charge in [-0.1, -0.05) is 35.3 Å². The summed E-state index contributed by atoms with van der Waals surface area (Å²) in [6.07, 6.45) is -2.03. The molecule has 4 heterocycles. The monoisotopic (exact) mass is 650 g/mol. The molecule has 7 nitrogen and oxygen atoms in total. The average Bonchev–Trinajstić information content (AvgIpc) is 3.00. The van der Waals surface area contributed by atoms with Crippen LogP contribution in [0.25, 0.3) is 0 Å². The molecule has 4 aliphatic heterocycles. The Morgan fingerprint density at radius 3 is 2.40 bits per heavy atom. The summed E-state index contributed by atoms with van der Waals surface area (Å²) in [6.45, 7) is 3.21. The molecule has 43 heavy (non-hydrogen) atoms. The number of nitrogens with zero attached hydrogens (tertiary/aromatic N) is 4. The van der Waals surface area contributed by atoms with Gasteiger partial charge >= 0.3 is 12.3 Å². The lowest BCUT2D eigenvalue weighted by atomic mass is 9.91. The number of rotatable bonds is 3. The van der Waals surface area contributed by atoms with Gasteiger partial charge in [-0.15, -0.1) is 0 Å². The number of ether oxygens (including phenoxy) is 2. The highest BCUT2D eigenvalue weighted by molar-refractivity contribution is 7.74. The lowest BCUT2D eigenvalue weighted by molar-refractivity contribution is -0.137. The van der Waals surface area contributed by atoms with Gasteiger partial charge in [-0.25, -0.2) is 18.9 Å². The van der Waals surface area contributed by atoms with Crippen molar-refractivity contribution in [2.24, 2.45) is 4.74 Å². The number of fused-ring (bicyclic) bond motifs is 2. The third-order valence-corrected chi connectivity index (χ3v) is 12.8. The van der Waals surface area contributed by atoms with Gasteiger partial charge in [0.15, 0.2) is 7.36 Å². The van der Waals surface area contributed by atoms with Crippen molar-refractivity contribution in [3.8, 4) is 5.75 Å². The van der Waals surface area contributed by atoms with E-state index in [0.29, 0.717) is 49.5 Å². The number of amides is 1. The molecule has 0 radical (unpaired) electrons. The molecule has 0 saturated carbocycles. The fraction of sp³-hybridized carbons (Fsp3) is 0.367. The number of benzene rings is 3. The van der Waals surface area contributed by atoms with E-state index in [9.17, 15) is 18.0 Å². The van der Waals surface area contributed by atoms with E-state index < -0.39 is 25.2 Å². The van der Waals surface area contributed by atoms with Crippen molar-refractivity contribution in [1.29, 1.82) is 0 Å². The molecular formula is C30H28Cl2F3N4O3P. The molecule has 1 saturated heterocycles. The largest absolute Gasteiger partial charge is 0.425 e. The third-order valence-electron chi connectivity index (χ3n) is 8.40. The van der Waals surface area contributed by atoms with Crippen molar-refractivity contribution in [2.75, 3.05) is 49.0 Å². The lowest BCUT2D eigenvalue weighted by Crippen LogP contribution is -2.50. The molecule has 3 aromatic carbocycles. The minimum Gasteiger partial charge on any atom is -0.408 e. The molecule has 0 N–H and O–H groups in total. The normalized spacial score (nSPS) is 22.1. The molecule has 7 rings (SSSR count). The highest BCUT2D eigenvalue weighted by Gasteiger charge is 2.50. The minimum atomic E-state index is -4.66. The molecule has 1 amide bonds. The number of alkyl halides is 3. The lowest BCUT2D eigenvalue weighted by Gasteiger charge is -2.49. The van der Waals surface area contributed by atoms with Crippen molar-refractivity contribution in [3.05, 3.63) is 75.3 Å². The van der Waals surface area contributed by atoms with E-state index >= 15 is 0 Å². The van der Waals surface area contributed by atoms with Crippen LogP contribution in [-0.4, -0.2) is 50.2 Å². The van der Waals surface area contributed by atoms with Gasteiger partial charge in [-0.3, -0.25) is 0 Å². The van der Waals surface area contributed by atoms with Gasteiger partial charge in [0.1, 0.15) is 5.75 Å². The summed E-state index contributed by atoms with van der Waals surface area (Å²) in [5.74, 6) is 0.416. The smallest absolute Gasteiger partial charge is 0.408 e. The number of carbonyl (C=O) groups excluding carboxylic acids is 1. The Bertz CT molecular complexity index is 1680. The Balaban J connectivity index is 1.62. The number of carbonyl (C=O) groups is 1. The maximum atomic E-state index is 14.4. The second-order valence-corrected chi connectivity index (χ2v) is 14.5. The van der Waals surface area contributed by atoms with Crippen LogP contribution in [0.1, 0.15) is 29.5 Å². The zero-order valence-electron chi connectivity index (χ0n) is 23.0. The maximum absolute atomic E-state index is 14.4. The van der Waals surface area contributed by atoms with E-state index in [0.717, 1.165) is 55.2 Å². The number of morpholine rings is 1. The molecule has 0 aromatic heterocycles. The number of anilines is 2. The predicted molar refractivity (Wildman–Crippen MR) is 163 cm³/mol. The van der Waals surface area contributed by atoms with Crippen LogP contribution in [0, 0.1) is 0 Å². The van der Waals surface area contributed by atoms with E-state index in [1.807, 2.05) is 10.7 Å². The molecule has 0 bridgehead atoms. The molecule has 13 heteroatoms. The van der Waals surface area contributed by atoms with E-state index in [1.165, 1.54) is 22.9 Å². The molecule has 1 atom stereocenters. The van der Waals surface area contributed by atoms with Crippen molar-refractivity contribution in [3.63, 3.8) is 0 Å². The van der Waals surface area contributed by atoms with E-state index in [2.05, 4.69) is 4.90 Å². The van der Waals surface area contributed by atoms with Crippen molar-refractivity contribution < 1.29 is 27.4 Å². The van der Waals surface area contributed by atoms with Gasteiger partial charge in [0.2, 0.25) is 0 Å². The SMILES string of the molecule is O=C1Oc2c(cc3c4c2CCCN4CCC3)P(=Nc2ccccc2C(F)(F)F)(N2CCOCC2)N1c1ccc(Cl)c(Cl)c1. The van der Waals surface area contributed by atoms with Crippen LogP contribution in [0.2, 0.25) is 10.0 Å². The fourth-order valence-corrected chi connectivity index (χ4v) is 10.7. The molecule has 0 spiro atoms. The number of aryl methyl sites for hydroxylation is 1. The summed E-state index contributed by atoms with van der Waals surface area (Å²) < 4.78 is 63.7. The van der Waals surface area contributed by atoms with Gasteiger partial charge in [0.25, 0.3) is 0 Å². The van der Waals surface area contributed by atoms with Gasteiger partial charge in [0.05, 0.1) is 45.5 Å². The first-order valence-electron chi connectivity index (χ1n) is 14.2. The van der Waals surface area contributed by atoms with Crippen LogP contribution < -0.4 is 19.6 Å². The first-order valence-corrected chi connectivity index (χ1v) is 16.6. The zero-order chi connectivity index (χ0) is 29.9. The van der Waals surface area contributed by atoms with Crippen LogP contribution in [0.5, 0.6) is 5.75 Å². The van der Waals surface area contributed by atoms with Crippen LogP contribution in [0.3, 0.4) is 0 Å². The average molecular weight is 651 g/mol. The van der Waals surface area contributed by atoms with Gasteiger partial charge < -0.3 is 14.4 Å². The van der Waals surface area contributed by atoms with E-state index in [-0.39, 0.29) is 15.7 Å². The molecule has 0 aliphatic carbocycles. The van der Waals surface area contributed by atoms with Gasteiger partial charge in [-0.05, 0) is 67.6 Å². The van der Waals surface area contributed by atoms with Gasteiger partial charge in [0, 0.05) is 37.4 Å². The highest BCUT2D eigenvalue weighted by atomic mass is 35.5. The third kappa shape index (κ3) is 4.82. The van der Waals surface area contributed by atoms with Crippen LogP contribution in [-0.2, 0) is 23.8 Å². The molecular weight excluding hydrogens is 623 g/mol. The first-order chi connectivity index (χ1) is 20.7. The number of hydrogen-bond acceptors (Lipinski definition) is 5. The summed E-state index contributed by atoms with van der Waals surface area (Å²) >= 11 is 12.7. The summed E-state index contributed by atoms with van der Waals surface area (Å²) in [4.78, 5) is 16.7. The summed E-state index contributed by atoms with van der Waals surface area (Å²) in [6, 6.07) is 12.0. The summed E-state index contributed by atoms with van der Waals surface area (Å²) in [7, 11) is -3.56. The maximum Gasteiger partial charge on any atom is 0.425 e. The Morgan fingerprint density at radius 1 is 0.907 bits per heavy atom. The first kappa shape index (κ1) is 29.0. The zero-order valence-corrected chi connectivity index (χ0v) is 25.4. The van der Waals surface area contributed by atoms with Crippen LogP contribution in [0.15, 0.2) is 53.3 Å². The topological polar surface area (TPSA) is 57.6 Å². The minimum absolute atomic E-state index is 0.199. The van der Waals surface area contributed by atoms with Crippen molar-refractivity contribution >= 4 is 59.0 Å². The Labute approximate surface area is 257 Å². The highest BCUT2D eigenvalue weighted by Crippen LogP contribution is 2.65. The fourth-order valence-electron chi connectivity index (χ4n) is 6.61. The molecule has 1 fully saturated rings. The number of hydrogen-bond donors (Lipinski definition) is 0. The van der Waals surface area contributed by atoms with Crippen LogP contribution in [0.4, 0.5) is 35.0 Å². The summed E-state index contributed by atoms with van der Waals surface area (Å²) in [5, 5.41) is 1.11. The van der Waals surface area contributed by atoms with Gasteiger partial charge in [-0.2, -0.15) is 13.2 Å². The van der Waals surface area contributed by atoms with Crippen molar-refractivity contribution in [1.82, 2.24) is 4.67 Å². The number of halogens is 5. The molecule has 226 valence electrons. The second kappa shape index (κ2) is 11.0. The molecule has 1 unspecified atom stereocenters. The summed E-state index contributed by atoms with van der Waals surface area (Å²) in [5.41, 5.74) is 2.34. The van der Waals surface area contributed by atoms with Crippen molar-refractivity contribution in [2.45, 2.75) is 31.9 Å².